The molecule has 4 nitrogen and oxygen atoms in total. The van der Waals surface area contributed by atoms with Gasteiger partial charge in [-0.05, 0) is 18.4 Å². The Morgan fingerprint density at radius 3 is 2.57 bits per heavy atom. The number of methoxy groups -OCH3 is 1. The van der Waals surface area contributed by atoms with E-state index in [9.17, 15) is 9.90 Å². The monoisotopic (exact) mass is 291 g/mol. The van der Waals surface area contributed by atoms with Crippen LogP contribution in [-0.4, -0.2) is 30.3 Å². The van der Waals surface area contributed by atoms with Crippen LogP contribution in [0.3, 0.4) is 0 Å². The minimum atomic E-state index is -0.702. The molecule has 4 heteroatoms. The van der Waals surface area contributed by atoms with Gasteiger partial charge in [0.25, 0.3) is 0 Å². The van der Waals surface area contributed by atoms with Crippen LogP contribution in [0.4, 0.5) is 0 Å². The normalized spacial score (nSPS) is 19.0. The minimum absolute atomic E-state index is 0.184. The maximum atomic E-state index is 11.6. The van der Waals surface area contributed by atoms with Gasteiger partial charge in [0.15, 0.2) is 0 Å². The molecule has 1 aliphatic carbocycles. The summed E-state index contributed by atoms with van der Waals surface area (Å²) in [7, 11) is 1.38. The lowest BCUT2D eigenvalue weighted by Crippen LogP contribution is -2.44. The van der Waals surface area contributed by atoms with Gasteiger partial charge in [0.2, 0.25) is 0 Å². The molecule has 1 saturated carbocycles. The lowest BCUT2D eigenvalue weighted by atomic mass is 9.92. The Labute approximate surface area is 126 Å². The highest BCUT2D eigenvalue weighted by Crippen LogP contribution is 2.23. The number of hydrogen-bond acceptors (Lipinski definition) is 4. The van der Waals surface area contributed by atoms with E-state index in [1.54, 1.807) is 0 Å². The highest BCUT2D eigenvalue weighted by atomic mass is 16.5. The topological polar surface area (TPSA) is 58.6 Å². The van der Waals surface area contributed by atoms with Crippen LogP contribution in [0.25, 0.3) is 0 Å². The van der Waals surface area contributed by atoms with Gasteiger partial charge in [-0.1, -0.05) is 49.6 Å². The van der Waals surface area contributed by atoms with Crippen LogP contribution in [0.15, 0.2) is 30.3 Å². The highest BCUT2D eigenvalue weighted by Gasteiger charge is 2.27. The van der Waals surface area contributed by atoms with Gasteiger partial charge in [-0.25, -0.2) is 0 Å². The smallest absolute Gasteiger partial charge is 0.307 e. The first kappa shape index (κ1) is 16.0. The molecule has 2 rings (SSSR count). The zero-order valence-corrected chi connectivity index (χ0v) is 12.6. The SMILES string of the molecule is COC(=O)CC(NC1CCCCC1)C(O)c1ccccc1. The Bertz CT molecular complexity index is 429. The molecule has 1 aromatic carbocycles. The van der Waals surface area contributed by atoms with Crippen molar-refractivity contribution in [1.82, 2.24) is 5.32 Å². The van der Waals surface area contributed by atoms with E-state index in [0.29, 0.717) is 6.04 Å². The molecule has 0 heterocycles. The molecule has 0 amide bonds. The summed E-state index contributed by atoms with van der Waals surface area (Å²) < 4.78 is 4.77. The lowest BCUT2D eigenvalue weighted by Gasteiger charge is -2.31. The third kappa shape index (κ3) is 4.83. The third-order valence-corrected chi connectivity index (χ3v) is 4.19. The molecule has 0 radical (unpaired) electrons. The fraction of sp³-hybridized carbons (Fsp3) is 0.588. The number of ether oxygens (including phenoxy) is 1. The number of rotatable bonds is 6. The van der Waals surface area contributed by atoms with Gasteiger partial charge < -0.3 is 15.2 Å². The average Bonchev–Trinajstić information content (AvgIpc) is 2.55. The fourth-order valence-corrected chi connectivity index (χ4v) is 2.98. The molecule has 1 fully saturated rings. The molecule has 0 aliphatic heterocycles. The van der Waals surface area contributed by atoms with Crippen LogP contribution in [-0.2, 0) is 9.53 Å². The summed E-state index contributed by atoms with van der Waals surface area (Å²) in [6.45, 7) is 0. The Morgan fingerprint density at radius 2 is 1.95 bits per heavy atom. The van der Waals surface area contributed by atoms with Crippen molar-refractivity contribution in [1.29, 1.82) is 0 Å². The minimum Gasteiger partial charge on any atom is -0.469 e. The number of hydrogen-bond donors (Lipinski definition) is 2. The molecular weight excluding hydrogens is 266 g/mol. The van der Waals surface area contributed by atoms with Crippen molar-refractivity contribution in [3.63, 3.8) is 0 Å². The van der Waals surface area contributed by atoms with Gasteiger partial charge in [0.05, 0.1) is 19.6 Å². The second-order valence-electron chi connectivity index (χ2n) is 5.74. The number of carbonyl (C=O) groups excluding carboxylic acids is 1. The second kappa shape index (κ2) is 8.15. The van der Waals surface area contributed by atoms with Crippen molar-refractivity contribution in [2.24, 2.45) is 0 Å². The number of aliphatic hydroxyl groups excluding tert-OH is 1. The van der Waals surface area contributed by atoms with Crippen LogP contribution >= 0.6 is 0 Å². The molecule has 0 aromatic heterocycles. The molecule has 116 valence electrons. The molecule has 0 saturated heterocycles. The fourth-order valence-electron chi connectivity index (χ4n) is 2.98. The van der Waals surface area contributed by atoms with Crippen LogP contribution in [0.2, 0.25) is 0 Å². The first-order valence-electron chi connectivity index (χ1n) is 7.76. The standard InChI is InChI=1S/C17H25NO3/c1-21-16(19)12-15(18-14-10-6-3-7-11-14)17(20)13-8-4-2-5-9-13/h2,4-5,8-9,14-15,17-18,20H,3,6-7,10-12H2,1H3. The summed E-state index contributed by atoms with van der Waals surface area (Å²) in [6, 6.07) is 9.56. The molecular formula is C17H25NO3. The first-order chi connectivity index (χ1) is 10.2. The Morgan fingerprint density at radius 1 is 1.29 bits per heavy atom. The van der Waals surface area contributed by atoms with Crippen LogP contribution in [0, 0.1) is 0 Å². The second-order valence-corrected chi connectivity index (χ2v) is 5.74. The summed E-state index contributed by atoms with van der Waals surface area (Å²) in [5.41, 5.74) is 0.828. The van der Waals surface area contributed by atoms with Crippen molar-refractivity contribution >= 4 is 5.97 Å². The van der Waals surface area contributed by atoms with Crippen molar-refractivity contribution in [3.05, 3.63) is 35.9 Å². The number of nitrogens with one attached hydrogen (secondary N) is 1. The van der Waals surface area contributed by atoms with E-state index < -0.39 is 6.10 Å². The Kier molecular flexibility index (Phi) is 6.21. The van der Waals surface area contributed by atoms with E-state index in [0.717, 1.165) is 18.4 Å². The Hall–Kier alpha value is -1.39. The predicted octanol–water partition coefficient (Wildman–Crippen LogP) is 2.57. The molecule has 2 N–H and O–H groups in total. The summed E-state index contributed by atoms with van der Waals surface area (Å²) in [6.07, 6.45) is 5.41. The van der Waals surface area contributed by atoms with E-state index in [1.807, 2.05) is 30.3 Å². The van der Waals surface area contributed by atoms with Crippen molar-refractivity contribution in [2.75, 3.05) is 7.11 Å². The van der Waals surface area contributed by atoms with Gasteiger partial charge in [0, 0.05) is 12.1 Å². The number of carbonyl (C=O) groups is 1. The maximum absolute atomic E-state index is 11.6. The quantitative estimate of drug-likeness (QED) is 0.791. The van der Waals surface area contributed by atoms with Gasteiger partial charge in [-0.15, -0.1) is 0 Å². The Balaban J connectivity index is 2.05. The highest BCUT2D eigenvalue weighted by molar-refractivity contribution is 5.70. The molecule has 2 atom stereocenters. The number of aliphatic hydroxyl groups is 1. The van der Waals surface area contributed by atoms with E-state index in [4.69, 9.17) is 4.74 Å². The summed E-state index contributed by atoms with van der Waals surface area (Å²) >= 11 is 0. The van der Waals surface area contributed by atoms with Crippen LogP contribution in [0.1, 0.15) is 50.2 Å². The van der Waals surface area contributed by atoms with Crippen molar-refractivity contribution in [3.8, 4) is 0 Å². The van der Waals surface area contributed by atoms with Gasteiger partial charge in [-0.3, -0.25) is 4.79 Å². The lowest BCUT2D eigenvalue weighted by molar-refractivity contribution is -0.142. The largest absolute Gasteiger partial charge is 0.469 e. The predicted molar refractivity (Wildman–Crippen MR) is 81.8 cm³/mol. The van der Waals surface area contributed by atoms with Crippen molar-refractivity contribution < 1.29 is 14.6 Å². The van der Waals surface area contributed by atoms with Gasteiger partial charge in [0.1, 0.15) is 0 Å². The summed E-state index contributed by atoms with van der Waals surface area (Å²) in [5, 5.41) is 14.1. The third-order valence-electron chi connectivity index (χ3n) is 4.19. The molecule has 0 bridgehead atoms. The summed E-state index contributed by atoms with van der Waals surface area (Å²) in [4.78, 5) is 11.6. The number of benzene rings is 1. The molecule has 2 unspecified atom stereocenters. The van der Waals surface area contributed by atoms with Crippen LogP contribution in [0.5, 0.6) is 0 Å². The van der Waals surface area contributed by atoms with Gasteiger partial charge >= 0.3 is 5.97 Å². The van der Waals surface area contributed by atoms with E-state index in [1.165, 1.54) is 26.4 Å². The first-order valence-corrected chi connectivity index (χ1v) is 7.76. The van der Waals surface area contributed by atoms with E-state index in [-0.39, 0.29) is 18.4 Å². The number of esters is 1. The van der Waals surface area contributed by atoms with E-state index in [2.05, 4.69) is 5.32 Å². The average molecular weight is 291 g/mol. The zero-order valence-electron chi connectivity index (χ0n) is 12.6. The van der Waals surface area contributed by atoms with Crippen LogP contribution < -0.4 is 5.32 Å². The van der Waals surface area contributed by atoms with Crippen molar-refractivity contribution in [2.45, 2.75) is 56.7 Å². The molecule has 21 heavy (non-hydrogen) atoms. The maximum Gasteiger partial charge on any atom is 0.307 e. The molecule has 1 aliphatic rings. The van der Waals surface area contributed by atoms with E-state index >= 15 is 0 Å². The van der Waals surface area contributed by atoms with Gasteiger partial charge in [-0.2, -0.15) is 0 Å². The summed E-state index contributed by atoms with van der Waals surface area (Å²) in [5.74, 6) is -0.293. The molecule has 1 aromatic rings. The molecule has 0 spiro atoms. The zero-order chi connectivity index (χ0) is 15.1.